The highest BCUT2D eigenvalue weighted by molar-refractivity contribution is 7.25. The summed E-state index contributed by atoms with van der Waals surface area (Å²) in [5.41, 5.74) is 8.58. The van der Waals surface area contributed by atoms with E-state index in [0.717, 1.165) is 39.4 Å². The Bertz CT molecular complexity index is 2850. The largest absolute Gasteiger partial charge is 0.484 e. The molecule has 1 aliphatic heterocycles. The van der Waals surface area contributed by atoms with Crippen LogP contribution >= 0.6 is 11.3 Å². The molecule has 0 saturated carbocycles. The molecule has 0 radical (unpaired) electrons. The van der Waals surface area contributed by atoms with E-state index >= 15 is 0 Å². The summed E-state index contributed by atoms with van der Waals surface area (Å²) in [7, 11) is 0. The molecule has 0 bridgehead atoms. The number of fused-ring (bicyclic) bond motifs is 10. The van der Waals surface area contributed by atoms with E-state index in [9.17, 15) is 0 Å². The molecular weight excluding hydrogens is 645 g/mol. The number of ether oxygens (including phenoxy) is 1. The topological polar surface area (TPSA) is 52.8 Å². The van der Waals surface area contributed by atoms with Crippen LogP contribution in [-0.4, -0.2) is 19.5 Å². The van der Waals surface area contributed by atoms with Gasteiger partial charge in [-0.3, -0.25) is 0 Å². The van der Waals surface area contributed by atoms with Gasteiger partial charge in [-0.2, -0.15) is 0 Å². The summed E-state index contributed by atoms with van der Waals surface area (Å²) in [6.07, 6.45) is 4.39. The highest BCUT2D eigenvalue weighted by atomic mass is 32.1. The summed E-state index contributed by atoms with van der Waals surface area (Å²) in [5, 5.41) is 3.72. The third-order valence-corrected chi connectivity index (χ3v) is 11.4. The fourth-order valence-electron chi connectivity index (χ4n) is 7.94. The summed E-state index contributed by atoms with van der Waals surface area (Å²) in [6.45, 7) is 0. The minimum Gasteiger partial charge on any atom is -0.484 e. The van der Waals surface area contributed by atoms with Crippen LogP contribution in [0.5, 0.6) is 5.75 Å². The summed E-state index contributed by atoms with van der Waals surface area (Å²) in [4.78, 5) is 15.3. The molecule has 2 aliphatic rings. The zero-order valence-electron chi connectivity index (χ0n) is 27.3. The van der Waals surface area contributed by atoms with Crippen molar-refractivity contribution in [3.8, 4) is 45.6 Å². The number of thiophene rings is 1. The molecule has 0 fully saturated rings. The maximum Gasteiger partial charge on any atom is 0.167 e. The number of aromatic nitrogens is 4. The normalized spacial score (nSPS) is 15.9. The van der Waals surface area contributed by atoms with Crippen molar-refractivity contribution in [1.29, 1.82) is 0 Å². The van der Waals surface area contributed by atoms with Crippen LogP contribution in [0.25, 0.3) is 77.0 Å². The number of para-hydroxylation sites is 3. The Morgan fingerprint density at radius 2 is 1.27 bits per heavy atom. The monoisotopic (exact) mass is 672 g/mol. The molecule has 1 aliphatic carbocycles. The van der Waals surface area contributed by atoms with Crippen LogP contribution in [0.4, 0.5) is 0 Å². The van der Waals surface area contributed by atoms with Gasteiger partial charge in [0.2, 0.25) is 0 Å². The molecule has 6 heteroatoms. The second-order valence-corrected chi connectivity index (χ2v) is 14.2. The van der Waals surface area contributed by atoms with Gasteiger partial charge in [0.05, 0.1) is 16.8 Å². The van der Waals surface area contributed by atoms with E-state index < -0.39 is 0 Å². The average molecular weight is 673 g/mol. The number of hydrogen-bond acceptors (Lipinski definition) is 5. The van der Waals surface area contributed by atoms with Gasteiger partial charge < -0.3 is 9.30 Å². The van der Waals surface area contributed by atoms with E-state index in [4.69, 9.17) is 19.7 Å². The summed E-state index contributed by atoms with van der Waals surface area (Å²) in [6, 6.07) is 50.8. The molecular formula is C45H28N4OS. The van der Waals surface area contributed by atoms with Gasteiger partial charge in [0.1, 0.15) is 11.9 Å². The standard InChI is InChI=1S/C45H28N4OS/c1-3-12-27(13-4-1)43-46-44(28-22-23-31-30-16-8-10-21-38(30)51-39(31)26-28)48-45(47-43)35-19-11-18-32-33-24-25-37-40(42(33)50-41(32)35)34-17-7-9-20-36(34)49(37)29-14-5-2-6-15-29/h1-26,33,42H. The van der Waals surface area contributed by atoms with Crippen molar-refractivity contribution in [1.82, 2.24) is 19.5 Å². The van der Waals surface area contributed by atoms with E-state index in [1.54, 1.807) is 11.3 Å². The lowest BCUT2D eigenvalue weighted by Crippen LogP contribution is -2.13. The van der Waals surface area contributed by atoms with Crippen molar-refractivity contribution in [2.45, 2.75) is 12.0 Å². The van der Waals surface area contributed by atoms with E-state index in [-0.39, 0.29) is 12.0 Å². The van der Waals surface area contributed by atoms with Crippen molar-refractivity contribution in [2.24, 2.45) is 0 Å². The minimum absolute atomic E-state index is 0.0627. The van der Waals surface area contributed by atoms with Crippen LogP contribution in [0.15, 0.2) is 152 Å². The van der Waals surface area contributed by atoms with E-state index in [0.29, 0.717) is 17.5 Å². The lowest BCUT2D eigenvalue weighted by Gasteiger charge is -2.22. The van der Waals surface area contributed by atoms with Crippen LogP contribution in [-0.2, 0) is 0 Å². The first kappa shape index (κ1) is 28.5. The van der Waals surface area contributed by atoms with Gasteiger partial charge in [0.25, 0.3) is 0 Å². The molecule has 5 nitrogen and oxygen atoms in total. The number of rotatable bonds is 4. The fourth-order valence-corrected chi connectivity index (χ4v) is 9.08. The maximum absolute atomic E-state index is 7.10. The van der Waals surface area contributed by atoms with Crippen LogP contribution in [0, 0.1) is 0 Å². The first-order valence-corrected chi connectivity index (χ1v) is 18.0. The molecule has 0 spiro atoms. The Hall–Kier alpha value is -6.37. The Morgan fingerprint density at radius 1 is 0.569 bits per heavy atom. The average Bonchev–Trinajstić information content (AvgIpc) is 3.87. The first-order chi connectivity index (χ1) is 25.3. The SMILES string of the molecule is C1=CC2c3cccc(-c4nc(-c5ccccc5)nc(-c5ccc6c(c5)sc5ccccc56)n4)c3OC2c2c1n(-c1ccccc1)c1ccccc21. The molecule has 3 aromatic heterocycles. The predicted molar refractivity (Wildman–Crippen MR) is 207 cm³/mol. The van der Waals surface area contributed by atoms with E-state index in [2.05, 4.69) is 132 Å². The van der Waals surface area contributed by atoms with Gasteiger partial charge in [-0.05, 0) is 42.5 Å². The predicted octanol–water partition coefficient (Wildman–Crippen LogP) is 11.4. The van der Waals surface area contributed by atoms with Crippen LogP contribution in [0.3, 0.4) is 0 Å². The van der Waals surface area contributed by atoms with Crippen molar-refractivity contribution in [3.05, 3.63) is 168 Å². The third-order valence-electron chi connectivity index (χ3n) is 10.2. The molecule has 0 saturated heterocycles. The van der Waals surface area contributed by atoms with Crippen LogP contribution in [0.1, 0.15) is 28.8 Å². The Labute approximate surface area is 297 Å². The molecule has 9 aromatic rings. The summed E-state index contributed by atoms with van der Waals surface area (Å²) < 4.78 is 11.9. The molecule has 0 amide bonds. The van der Waals surface area contributed by atoms with Crippen LogP contribution < -0.4 is 4.74 Å². The quantitative estimate of drug-likeness (QED) is 0.187. The van der Waals surface area contributed by atoms with Gasteiger partial charge in [-0.15, -0.1) is 11.3 Å². The maximum atomic E-state index is 7.10. The summed E-state index contributed by atoms with van der Waals surface area (Å²) in [5.74, 6) is 2.76. The zero-order valence-corrected chi connectivity index (χ0v) is 28.1. The molecule has 4 heterocycles. The minimum atomic E-state index is -0.179. The Morgan fingerprint density at radius 3 is 2.14 bits per heavy atom. The second-order valence-electron chi connectivity index (χ2n) is 13.1. The zero-order chi connectivity index (χ0) is 33.5. The molecule has 6 aromatic carbocycles. The third kappa shape index (κ3) is 4.36. The highest BCUT2D eigenvalue weighted by Gasteiger charge is 2.41. The number of nitrogens with zero attached hydrogens (tertiary/aromatic N) is 4. The smallest absolute Gasteiger partial charge is 0.167 e. The van der Waals surface area contributed by atoms with E-state index in [1.165, 1.54) is 36.6 Å². The lowest BCUT2D eigenvalue weighted by molar-refractivity contribution is 0.225. The molecule has 0 N–H and O–H groups in total. The van der Waals surface area contributed by atoms with Crippen molar-refractivity contribution >= 4 is 48.5 Å². The highest BCUT2D eigenvalue weighted by Crippen LogP contribution is 2.55. The molecule has 2 atom stereocenters. The molecule has 240 valence electrons. The number of benzene rings is 6. The van der Waals surface area contributed by atoms with Gasteiger partial charge in [-0.25, -0.2) is 15.0 Å². The van der Waals surface area contributed by atoms with Crippen LogP contribution in [0.2, 0.25) is 0 Å². The Kier molecular flexibility index (Phi) is 6.18. The Balaban J connectivity index is 1.07. The van der Waals surface area contributed by atoms with Gasteiger partial charge >= 0.3 is 0 Å². The van der Waals surface area contributed by atoms with Gasteiger partial charge in [0, 0.05) is 59.4 Å². The second kappa shape index (κ2) is 11.1. The lowest BCUT2D eigenvalue weighted by atomic mass is 9.85. The van der Waals surface area contributed by atoms with E-state index in [1.807, 2.05) is 30.3 Å². The summed E-state index contributed by atoms with van der Waals surface area (Å²) >= 11 is 1.80. The van der Waals surface area contributed by atoms with Crippen molar-refractivity contribution in [2.75, 3.05) is 0 Å². The van der Waals surface area contributed by atoms with Gasteiger partial charge in [-0.1, -0.05) is 115 Å². The van der Waals surface area contributed by atoms with Gasteiger partial charge in [0.15, 0.2) is 17.5 Å². The number of hydrogen-bond donors (Lipinski definition) is 0. The molecule has 2 unspecified atom stereocenters. The molecule has 11 rings (SSSR count). The fraction of sp³-hybridized carbons (Fsp3) is 0.0444. The van der Waals surface area contributed by atoms with Crippen molar-refractivity contribution < 1.29 is 4.74 Å². The van der Waals surface area contributed by atoms with Crippen molar-refractivity contribution in [3.63, 3.8) is 0 Å². The first-order valence-electron chi connectivity index (χ1n) is 17.2. The molecule has 51 heavy (non-hydrogen) atoms.